The lowest BCUT2D eigenvalue weighted by Gasteiger charge is -2.37. The van der Waals surface area contributed by atoms with E-state index in [4.69, 9.17) is 5.11 Å². The highest BCUT2D eigenvalue weighted by atomic mass is 19.1. The maximum absolute atomic E-state index is 12.9. The molecular formula is C23H36FN3O2. The second-order valence-electron chi connectivity index (χ2n) is 8.77. The predicted molar refractivity (Wildman–Crippen MR) is 113 cm³/mol. The number of nitrogens with zero attached hydrogens (tertiary/aromatic N) is 3. The second-order valence-corrected chi connectivity index (χ2v) is 8.77. The van der Waals surface area contributed by atoms with Gasteiger partial charge >= 0.3 is 0 Å². The van der Waals surface area contributed by atoms with E-state index in [0.717, 1.165) is 45.1 Å². The highest BCUT2D eigenvalue weighted by molar-refractivity contribution is 5.82. The average molecular weight is 406 g/mol. The van der Waals surface area contributed by atoms with Crippen LogP contribution < -0.4 is 0 Å². The molecule has 1 saturated carbocycles. The highest BCUT2D eigenvalue weighted by Gasteiger charge is 2.36. The molecule has 2 heterocycles. The second kappa shape index (κ2) is 10.4. The first kappa shape index (κ1) is 22.0. The van der Waals surface area contributed by atoms with E-state index in [9.17, 15) is 9.18 Å². The number of amides is 1. The van der Waals surface area contributed by atoms with Crippen LogP contribution in [-0.2, 0) is 4.79 Å². The maximum Gasteiger partial charge on any atom is 0.239 e. The molecule has 3 fully saturated rings. The Bertz CT molecular complexity index is 627. The van der Waals surface area contributed by atoms with Gasteiger partial charge in [-0.1, -0.05) is 6.42 Å². The number of carbonyl (C=O) groups is 1. The van der Waals surface area contributed by atoms with E-state index in [-0.39, 0.29) is 17.6 Å². The first-order valence-electron chi connectivity index (χ1n) is 11.2. The average Bonchev–Trinajstić information content (AvgIpc) is 3.04. The molecule has 1 aliphatic carbocycles. The summed E-state index contributed by atoms with van der Waals surface area (Å²) in [6, 6.07) is 6.47. The molecule has 1 aromatic rings. The van der Waals surface area contributed by atoms with Crippen molar-refractivity contribution in [3.05, 3.63) is 30.1 Å². The molecule has 0 unspecified atom stereocenters. The van der Waals surface area contributed by atoms with Gasteiger partial charge in [0.2, 0.25) is 5.91 Å². The minimum Gasteiger partial charge on any atom is -0.508 e. The Balaban J connectivity index is 0.000000252. The number of carbonyl (C=O) groups excluding carboxylic acids is 1. The van der Waals surface area contributed by atoms with Gasteiger partial charge in [-0.25, -0.2) is 4.39 Å². The Labute approximate surface area is 174 Å². The van der Waals surface area contributed by atoms with Crippen molar-refractivity contribution in [3.63, 3.8) is 0 Å². The summed E-state index contributed by atoms with van der Waals surface area (Å²) >= 11 is 0. The molecular weight excluding hydrogens is 369 g/mol. The summed E-state index contributed by atoms with van der Waals surface area (Å²) in [5.74, 6) is 0.158. The number of hydrogen-bond donors (Lipinski definition) is 1. The molecule has 162 valence electrons. The lowest BCUT2D eigenvalue weighted by molar-refractivity contribution is -0.136. The largest absolute Gasteiger partial charge is 0.508 e. The summed E-state index contributed by atoms with van der Waals surface area (Å²) in [5, 5.41) is 8.59. The molecule has 0 bridgehead atoms. The molecule has 1 amide bonds. The van der Waals surface area contributed by atoms with E-state index in [0.29, 0.717) is 11.9 Å². The van der Waals surface area contributed by atoms with Gasteiger partial charge in [-0.05, 0) is 76.8 Å². The summed E-state index contributed by atoms with van der Waals surface area (Å²) in [7, 11) is 0. The Morgan fingerprint density at radius 1 is 0.966 bits per heavy atom. The minimum absolute atomic E-state index is 0.0893. The summed E-state index contributed by atoms with van der Waals surface area (Å²) < 4.78 is 12.0. The number of phenols is 1. The molecule has 6 heteroatoms. The third-order valence-electron chi connectivity index (χ3n) is 6.50. The number of aromatic hydroxyl groups is 1. The molecule has 0 aromatic heterocycles. The van der Waals surface area contributed by atoms with Gasteiger partial charge in [0.1, 0.15) is 11.6 Å². The summed E-state index contributed by atoms with van der Waals surface area (Å²) in [4.78, 5) is 20.1. The number of rotatable bonds is 3. The minimum atomic E-state index is -0.331. The fourth-order valence-electron chi connectivity index (χ4n) is 4.60. The van der Waals surface area contributed by atoms with E-state index in [1.54, 1.807) is 0 Å². The Morgan fingerprint density at radius 2 is 1.69 bits per heavy atom. The zero-order chi connectivity index (χ0) is 20.8. The van der Waals surface area contributed by atoms with Crippen LogP contribution in [0.15, 0.2) is 24.3 Å². The SMILES string of the molecule is CC(C)N1CCC[C@H]1C(=O)N1CCCN(C2CCC2)CC1.Oc1ccc(F)cc1. The van der Waals surface area contributed by atoms with E-state index in [1.807, 2.05) is 0 Å². The maximum atomic E-state index is 12.9. The first-order valence-corrected chi connectivity index (χ1v) is 11.2. The van der Waals surface area contributed by atoms with E-state index < -0.39 is 0 Å². The molecule has 0 spiro atoms. The van der Waals surface area contributed by atoms with Gasteiger partial charge in [-0.15, -0.1) is 0 Å². The van der Waals surface area contributed by atoms with Crippen LogP contribution >= 0.6 is 0 Å². The molecule has 4 rings (SSSR count). The highest BCUT2D eigenvalue weighted by Crippen LogP contribution is 2.26. The van der Waals surface area contributed by atoms with Crippen molar-refractivity contribution in [1.82, 2.24) is 14.7 Å². The lowest BCUT2D eigenvalue weighted by atomic mass is 9.91. The monoisotopic (exact) mass is 405 g/mol. The van der Waals surface area contributed by atoms with Crippen LogP contribution in [0, 0.1) is 5.82 Å². The fourth-order valence-corrected chi connectivity index (χ4v) is 4.60. The Kier molecular flexibility index (Phi) is 7.90. The van der Waals surface area contributed by atoms with Crippen molar-refractivity contribution in [3.8, 4) is 5.75 Å². The van der Waals surface area contributed by atoms with Crippen LogP contribution in [0.4, 0.5) is 4.39 Å². The van der Waals surface area contributed by atoms with Gasteiger partial charge in [0.05, 0.1) is 6.04 Å². The topological polar surface area (TPSA) is 47.0 Å². The zero-order valence-electron chi connectivity index (χ0n) is 17.9. The molecule has 29 heavy (non-hydrogen) atoms. The van der Waals surface area contributed by atoms with Crippen molar-refractivity contribution in [2.75, 3.05) is 32.7 Å². The van der Waals surface area contributed by atoms with Gasteiger partial charge in [0, 0.05) is 38.3 Å². The van der Waals surface area contributed by atoms with E-state index >= 15 is 0 Å². The number of benzene rings is 1. The van der Waals surface area contributed by atoms with Crippen LogP contribution in [-0.4, -0.2) is 76.6 Å². The van der Waals surface area contributed by atoms with Crippen molar-refractivity contribution in [1.29, 1.82) is 0 Å². The van der Waals surface area contributed by atoms with Gasteiger partial charge in [-0.3, -0.25) is 14.6 Å². The lowest BCUT2D eigenvalue weighted by Crippen LogP contribution is -2.49. The number of phenolic OH excluding ortho intramolecular Hbond substituents is 1. The van der Waals surface area contributed by atoms with Crippen LogP contribution in [0.25, 0.3) is 0 Å². The molecule has 0 radical (unpaired) electrons. The van der Waals surface area contributed by atoms with E-state index in [2.05, 4.69) is 28.5 Å². The Morgan fingerprint density at radius 3 is 2.28 bits per heavy atom. The van der Waals surface area contributed by atoms with Gasteiger partial charge in [-0.2, -0.15) is 0 Å². The molecule has 2 saturated heterocycles. The number of likely N-dealkylation sites (tertiary alicyclic amines) is 1. The van der Waals surface area contributed by atoms with Crippen molar-refractivity contribution in [2.45, 2.75) is 70.5 Å². The molecule has 1 aromatic carbocycles. The third-order valence-corrected chi connectivity index (χ3v) is 6.50. The predicted octanol–water partition coefficient (Wildman–Crippen LogP) is 3.48. The molecule has 1 atom stereocenters. The summed E-state index contributed by atoms with van der Waals surface area (Å²) in [6.45, 7) is 9.70. The molecule has 2 aliphatic heterocycles. The molecule has 5 nitrogen and oxygen atoms in total. The Hall–Kier alpha value is -1.66. The number of halogens is 1. The summed E-state index contributed by atoms with van der Waals surface area (Å²) in [5.41, 5.74) is 0. The van der Waals surface area contributed by atoms with Gasteiger partial charge in [0.15, 0.2) is 0 Å². The van der Waals surface area contributed by atoms with Crippen molar-refractivity contribution in [2.24, 2.45) is 0 Å². The molecule has 3 aliphatic rings. The van der Waals surface area contributed by atoms with Crippen molar-refractivity contribution >= 4 is 5.91 Å². The van der Waals surface area contributed by atoms with E-state index in [1.165, 1.54) is 56.5 Å². The van der Waals surface area contributed by atoms with Gasteiger partial charge < -0.3 is 10.0 Å². The third kappa shape index (κ3) is 5.92. The summed E-state index contributed by atoms with van der Waals surface area (Å²) in [6.07, 6.45) is 7.53. The van der Waals surface area contributed by atoms with Crippen LogP contribution in [0.3, 0.4) is 0 Å². The van der Waals surface area contributed by atoms with Gasteiger partial charge in [0.25, 0.3) is 0 Å². The van der Waals surface area contributed by atoms with Crippen LogP contribution in [0.1, 0.15) is 52.4 Å². The first-order chi connectivity index (χ1) is 14.0. The van der Waals surface area contributed by atoms with Crippen LogP contribution in [0.2, 0.25) is 0 Å². The quantitative estimate of drug-likeness (QED) is 0.836. The van der Waals surface area contributed by atoms with Crippen molar-refractivity contribution < 1.29 is 14.3 Å². The smallest absolute Gasteiger partial charge is 0.239 e. The number of hydrogen-bond acceptors (Lipinski definition) is 4. The van der Waals surface area contributed by atoms with Crippen LogP contribution in [0.5, 0.6) is 5.75 Å². The fraction of sp³-hybridized carbons (Fsp3) is 0.696. The standard InChI is InChI=1S/C17H31N3O.C6H5FO/c1-14(2)20-11-4-8-16(20)17(21)19-10-5-9-18(12-13-19)15-6-3-7-15;7-5-1-3-6(8)4-2-5/h14-16H,3-13H2,1-2H3;1-4,8H/t16-;/m0./s1. The molecule has 1 N–H and O–H groups in total. The normalized spacial score (nSPS) is 24.0. The zero-order valence-corrected chi connectivity index (χ0v) is 17.9.